The van der Waals surface area contributed by atoms with Gasteiger partial charge in [-0.05, 0) is 43.9 Å². The molecule has 2 N–H and O–H groups in total. The summed E-state index contributed by atoms with van der Waals surface area (Å²) in [6, 6.07) is 4.29. The summed E-state index contributed by atoms with van der Waals surface area (Å²) < 4.78 is 13.8. The number of benzene rings is 1. The van der Waals surface area contributed by atoms with E-state index in [0.717, 1.165) is 0 Å². The third kappa shape index (κ3) is 4.53. The Morgan fingerprint density at radius 1 is 1.33 bits per heavy atom. The quantitative estimate of drug-likeness (QED) is 0.808. The smallest absolute Gasteiger partial charge is 0.335 e. The molecule has 1 aromatic carbocycles. The van der Waals surface area contributed by atoms with Crippen LogP contribution in [0.15, 0.2) is 18.2 Å². The number of carboxylic acid groups (broad SMARTS) is 1. The molecule has 0 heterocycles. The summed E-state index contributed by atoms with van der Waals surface area (Å²) in [5, 5.41) is 12.3. The standard InChI is InChI=1S/C17H24FNO2/c1-12(13-6-4-2-3-5-7-13)19-11-15-10-14(17(20)21)8-9-16(15)18/h8-10,12-13,19H,2-7,11H2,1H3,(H,20,21)/t12-/m1/s1. The maximum Gasteiger partial charge on any atom is 0.335 e. The molecule has 0 saturated heterocycles. The van der Waals surface area contributed by atoms with E-state index in [9.17, 15) is 9.18 Å². The second-order valence-electron chi connectivity index (χ2n) is 6.03. The second kappa shape index (κ2) is 7.55. The predicted molar refractivity (Wildman–Crippen MR) is 80.9 cm³/mol. The van der Waals surface area contributed by atoms with E-state index in [2.05, 4.69) is 12.2 Å². The second-order valence-corrected chi connectivity index (χ2v) is 6.03. The molecule has 1 saturated carbocycles. The van der Waals surface area contributed by atoms with Crippen LogP contribution in [0.4, 0.5) is 4.39 Å². The Balaban J connectivity index is 1.95. The van der Waals surface area contributed by atoms with Gasteiger partial charge in [-0.15, -0.1) is 0 Å². The summed E-state index contributed by atoms with van der Waals surface area (Å²) >= 11 is 0. The predicted octanol–water partition coefficient (Wildman–Crippen LogP) is 3.97. The molecule has 1 aromatic rings. The first-order valence-corrected chi connectivity index (χ1v) is 7.83. The number of hydrogen-bond donors (Lipinski definition) is 2. The minimum atomic E-state index is -1.02. The minimum Gasteiger partial charge on any atom is -0.478 e. The normalized spacial score (nSPS) is 18.2. The molecular formula is C17H24FNO2. The average Bonchev–Trinajstić information content (AvgIpc) is 2.75. The number of aromatic carboxylic acids is 1. The van der Waals surface area contributed by atoms with Crippen molar-refractivity contribution in [2.45, 2.75) is 58.0 Å². The molecule has 0 aromatic heterocycles. The van der Waals surface area contributed by atoms with Gasteiger partial charge in [0.25, 0.3) is 0 Å². The van der Waals surface area contributed by atoms with Gasteiger partial charge in [0, 0.05) is 18.2 Å². The molecule has 2 rings (SSSR count). The molecule has 0 spiro atoms. The molecule has 1 fully saturated rings. The van der Waals surface area contributed by atoms with Crippen molar-refractivity contribution in [1.82, 2.24) is 5.32 Å². The van der Waals surface area contributed by atoms with Crippen LogP contribution in [-0.4, -0.2) is 17.1 Å². The van der Waals surface area contributed by atoms with E-state index in [1.165, 1.54) is 56.7 Å². The fourth-order valence-electron chi connectivity index (χ4n) is 3.09. The van der Waals surface area contributed by atoms with Crippen LogP contribution in [0, 0.1) is 11.7 Å². The Hall–Kier alpha value is -1.42. The van der Waals surface area contributed by atoms with Crippen LogP contribution >= 0.6 is 0 Å². The lowest BCUT2D eigenvalue weighted by Gasteiger charge is -2.24. The number of carboxylic acids is 1. The number of carbonyl (C=O) groups is 1. The first-order valence-electron chi connectivity index (χ1n) is 7.83. The third-order valence-electron chi connectivity index (χ3n) is 4.51. The molecule has 0 aliphatic heterocycles. The highest BCUT2D eigenvalue weighted by Gasteiger charge is 2.19. The Morgan fingerprint density at radius 2 is 2.00 bits per heavy atom. The Kier molecular flexibility index (Phi) is 5.74. The maximum atomic E-state index is 13.8. The monoisotopic (exact) mass is 293 g/mol. The van der Waals surface area contributed by atoms with E-state index in [1.807, 2.05) is 0 Å². The zero-order valence-corrected chi connectivity index (χ0v) is 12.6. The summed E-state index contributed by atoms with van der Waals surface area (Å²) in [6.07, 6.45) is 7.65. The van der Waals surface area contributed by atoms with Crippen molar-refractivity contribution in [3.63, 3.8) is 0 Å². The molecule has 1 aliphatic carbocycles. The molecule has 4 heteroatoms. The van der Waals surface area contributed by atoms with Crippen molar-refractivity contribution < 1.29 is 14.3 Å². The molecule has 1 atom stereocenters. The average molecular weight is 293 g/mol. The number of hydrogen-bond acceptors (Lipinski definition) is 2. The van der Waals surface area contributed by atoms with E-state index in [1.54, 1.807) is 0 Å². The van der Waals surface area contributed by atoms with Crippen LogP contribution in [-0.2, 0) is 6.54 Å². The summed E-state index contributed by atoms with van der Waals surface area (Å²) in [7, 11) is 0. The van der Waals surface area contributed by atoms with Gasteiger partial charge in [-0.3, -0.25) is 0 Å². The zero-order valence-electron chi connectivity index (χ0n) is 12.6. The highest BCUT2D eigenvalue weighted by molar-refractivity contribution is 5.87. The van der Waals surface area contributed by atoms with Gasteiger partial charge >= 0.3 is 5.97 Å². The topological polar surface area (TPSA) is 49.3 Å². The van der Waals surface area contributed by atoms with Gasteiger partial charge in [-0.2, -0.15) is 0 Å². The number of halogens is 1. The van der Waals surface area contributed by atoms with Gasteiger partial charge in [0.1, 0.15) is 5.82 Å². The minimum absolute atomic E-state index is 0.135. The van der Waals surface area contributed by atoms with E-state index < -0.39 is 5.97 Å². The first-order chi connectivity index (χ1) is 10.1. The van der Waals surface area contributed by atoms with Crippen molar-refractivity contribution >= 4 is 5.97 Å². The van der Waals surface area contributed by atoms with Crippen LogP contribution in [0.2, 0.25) is 0 Å². The van der Waals surface area contributed by atoms with Crippen molar-refractivity contribution in [2.75, 3.05) is 0 Å². The Bertz CT molecular complexity index is 482. The summed E-state index contributed by atoms with van der Waals surface area (Å²) in [5.41, 5.74) is 0.561. The van der Waals surface area contributed by atoms with Crippen molar-refractivity contribution in [2.24, 2.45) is 5.92 Å². The molecule has 21 heavy (non-hydrogen) atoms. The molecule has 3 nitrogen and oxygen atoms in total. The van der Waals surface area contributed by atoms with Crippen LogP contribution in [0.3, 0.4) is 0 Å². The van der Waals surface area contributed by atoms with E-state index >= 15 is 0 Å². The van der Waals surface area contributed by atoms with Gasteiger partial charge in [-0.1, -0.05) is 25.7 Å². The van der Waals surface area contributed by atoms with Crippen molar-refractivity contribution in [3.05, 3.63) is 35.1 Å². The molecule has 0 unspecified atom stereocenters. The lowest BCUT2D eigenvalue weighted by Crippen LogP contribution is -2.33. The van der Waals surface area contributed by atoms with Gasteiger partial charge in [0.05, 0.1) is 5.56 Å². The van der Waals surface area contributed by atoms with Crippen molar-refractivity contribution in [1.29, 1.82) is 0 Å². The first kappa shape index (κ1) is 16.0. The van der Waals surface area contributed by atoms with E-state index in [-0.39, 0.29) is 11.4 Å². The third-order valence-corrected chi connectivity index (χ3v) is 4.51. The van der Waals surface area contributed by atoms with E-state index in [4.69, 9.17) is 5.11 Å². The highest BCUT2D eigenvalue weighted by Crippen LogP contribution is 2.25. The van der Waals surface area contributed by atoms with Crippen LogP contribution in [0.5, 0.6) is 0 Å². The summed E-state index contributed by atoms with van der Waals surface area (Å²) in [6.45, 7) is 2.53. The molecular weight excluding hydrogens is 269 g/mol. The van der Waals surface area contributed by atoms with Gasteiger partial charge in [0.15, 0.2) is 0 Å². The van der Waals surface area contributed by atoms with Crippen LogP contribution < -0.4 is 5.32 Å². The molecule has 0 radical (unpaired) electrons. The fraction of sp³-hybridized carbons (Fsp3) is 0.588. The van der Waals surface area contributed by atoms with E-state index in [0.29, 0.717) is 24.1 Å². The molecule has 116 valence electrons. The zero-order chi connectivity index (χ0) is 15.2. The SMILES string of the molecule is C[C@@H](NCc1cc(C(=O)O)ccc1F)C1CCCCCC1. The molecule has 0 bridgehead atoms. The highest BCUT2D eigenvalue weighted by atomic mass is 19.1. The summed E-state index contributed by atoms with van der Waals surface area (Å²) in [5.74, 6) is -0.730. The Labute approximate surface area is 125 Å². The number of rotatable bonds is 5. The van der Waals surface area contributed by atoms with Crippen molar-refractivity contribution in [3.8, 4) is 0 Å². The van der Waals surface area contributed by atoms with Gasteiger partial charge in [-0.25, -0.2) is 9.18 Å². The molecule has 1 aliphatic rings. The maximum absolute atomic E-state index is 13.8. The van der Waals surface area contributed by atoms with Crippen LogP contribution in [0.25, 0.3) is 0 Å². The fourth-order valence-corrected chi connectivity index (χ4v) is 3.09. The molecule has 0 amide bonds. The summed E-state index contributed by atoms with van der Waals surface area (Å²) in [4.78, 5) is 10.9. The van der Waals surface area contributed by atoms with Gasteiger partial charge in [0.2, 0.25) is 0 Å². The van der Waals surface area contributed by atoms with Crippen LogP contribution in [0.1, 0.15) is 61.4 Å². The van der Waals surface area contributed by atoms with Gasteiger partial charge < -0.3 is 10.4 Å². The Morgan fingerprint density at radius 3 is 2.62 bits per heavy atom. The number of nitrogens with one attached hydrogen (secondary N) is 1. The lowest BCUT2D eigenvalue weighted by molar-refractivity contribution is 0.0696. The lowest BCUT2D eigenvalue weighted by atomic mass is 9.93. The largest absolute Gasteiger partial charge is 0.478 e.